The highest BCUT2D eigenvalue weighted by molar-refractivity contribution is 7.26. The third kappa shape index (κ3) is 4.15. The zero-order chi connectivity index (χ0) is 34.6. The van der Waals surface area contributed by atoms with Gasteiger partial charge in [0.25, 0.3) is 0 Å². The van der Waals surface area contributed by atoms with Crippen LogP contribution >= 0.6 is 11.3 Å². The Morgan fingerprint density at radius 1 is 0.365 bits per heavy atom. The molecule has 0 spiro atoms. The lowest BCUT2D eigenvalue weighted by atomic mass is 9.80. The average Bonchev–Trinajstić information content (AvgIpc) is 3.69. The van der Waals surface area contributed by atoms with Crippen LogP contribution in [0.4, 0.5) is 0 Å². The molecule has 9 aromatic carbocycles. The van der Waals surface area contributed by atoms with Crippen molar-refractivity contribution >= 4 is 63.8 Å². The molecule has 0 aliphatic heterocycles. The lowest BCUT2D eigenvalue weighted by Crippen LogP contribution is -2.15. The summed E-state index contributed by atoms with van der Waals surface area (Å²) in [6.07, 6.45) is 0. The Morgan fingerprint density at radius 3 is 1.54 bits per heavy atom. The summed E-state index contributed by atoms with van der Waals surface area (Å²) in [4.78, 5) is 0. The molecule has 52 heavy (non-hydrogen) atoms. The summed E-state index contributed by atoms with van der Waals surface area (Å²) >= 11 is 1.92. The van der Waals surface area contributed by atoms with Gasteiger partial charge in [-0.2, -0.15) is 0 Å². The molecule has 0 radical (unpaired) electrons. The van der Waals surface area contributed by atoms with Crippen LogP contribution in [0.5, 0.6) is 0 Å². The molecule has 0 N–H and O–H groups in total. The maximum atomic E-state index is 2.43. The fourth-order valence-electron chi connectivity index (χ4n) is 9.30. The first-order chi connectivity index (χ1) is 25.6. The van der Waals surface area contributed by atoms with Crippen molar-refractivity contribution in [1.29, 1.82) is 0 Å². The molecule has 0 amide bonds. The topological polar surface area (TPSA) is 0 Å². The Bertz CT molecular complexity index is 3010. The smallest absolute Gasteiger partial charge is 0.0433 e. The van der Waals surface area contributed by atoms with Gasteiger partial charge < -0.3 is 0 Å². The van der Waals surface area contributed by atoms with E-state index in [9.17, 15) is 0 Å². The number of hydrogen-bond donors (Lipinski definition) is 0. The van der Waals surface area contributed by atoms with E-state index in [1.807, 2.05) is 11.3 Å². The van der Waals surface area contributed by atoms with Crippen molar-refractivity contribution in [2.45, 2.75) is 19.3 Å². The predicted octanol–water partition coefficient (Wildman–Crippen LogP) is 14.8. The third-order valence-electron chi connectivity index (χ3n) is 11.6. The molecule has 244 valence electrons. The van der Waals surface area contributed by atoms with Crippen LogP contribution in [0.25, 0.3) is 97.0 Å². The zero-order valence-corrected chi connectivity index (χ0v) is 29.9. The molecular weight excluding hydrogens is 645 g/mol. The quantitative estimate of drug-likeness (QED) is 0.163. The second-order valence-corrected chi connectivity index (χ2v) is 15.8. The Balaban J connectivity index is 1.04. The van der Waals surface area contributed by atoms with Crippen molar-refractivity contribution in [2.24, 2.45) is 0 Å². The number of thiophene rings is 1. The molecule has 11 rings (SSSR count). The normalized spacial score (nSPS) is 13.3. The van der Waals surface area contributed by atoms with E-state index < -0.39 is 0 Å². The summed E-state index contributed by atoms with van der Waals surface area (Å²) in [5.74, 6) is 0. The van der Waals surface area contributed by atoms with E-state index in [0.717, 1.165) is 0 Å². The molecule has 0 saturated carbocycles. The number of hydrogen-bond acceptors (Lipinski definition) is 1. The van der Waals surface area contributed by atoms with E-state index in [-0.39, 0.29) is 5.41 Å². The number of fused-ring (bicyclic) bond motifs is 11. The minimum atomic E-state index is -0.0923. The Kier molecular flexibility index (Phi) is 6.27. The van der Waals surface area contributed by atoms with Gasteiger partial charge in [0, 0.05) is 25.6 Å². The van der Waals surface area contributed by atoms with E-state index in [2.05, 4.69) is 184 Å². The zero-order valence-electron chi connectivity index (χ0n) is 29.1. The van der Waals surface area contributed by atoms with Gasteiger partial charge in [0.1, 0.15) is 0 Å². The lowest BCUT2D eigenvalue weighted by molar-refractivity contribution is 0.666. The largest absolute Gasteiger partial charge is 0.135 e. The molecule has 0 nitrogen and oxygen atoms in total. The Hall–Kier alpha value is -6.02. The maximum absolute atomic E-state index is 2.43. The molecule has 0 atom stereocenters. The third-order valence-corrected chi connectivity index (χ3v) is 12.9. The summed E-state index contributed by atoms with van der Waals surface area (Å²) in [6, 6.07) is 63.3. The van der Waals surface area contributed by atoms with Crippen molar-refractivity contribution in [3.8, 4) is 44.5 Å². The first-order valence-electron chi connectivity index (χ1n) is 18.2. The highest BCUT2D eigenvalue weighted by Gasteiger charge is 2.37. The highest BCUT2D eigenvalue weighted by Crippen LogP contribution is 2.53. The molecular formula is C51H34S. The van der Waals surface area contributed by atoms with Gasteiger partial charge in [-0.05, 0) is 100 Å². The van der Waals surface area contributed by atoms with Crippen molar-refractivity contribution in [1.82, 2.24) is 0 Å². The van der Waals surface area contributed by atoms with Crippen LogP contribution in [0.1, 0.15) is 25.0 Å². The van der Waals surface area contributed by atoms with Gasteiger partial charge in [0.2, 0.25) is 0 Å². The summed E-state index contributed by atoms with van der Waals surface area (Å²) in [5, 5.41) is 10.6. The van der Waals surface area contributed by atoms with Crippen LogP contribution in [-0.2, 0) is 5.41 Å². The SMILES string of the molecule is CC1(C)c2ccc(-c3ccc(-c4c5ccccc5c(-c5ccccc5)c5ccccc45)cc3)cc2-c2ccc3c(ccc4c5ccccc5sc34)c21. The van der Waals surface area contributed by atoms with Gasteiger partial charge in [0.05, 0.1) is 0 Å². The summed E-state index contributed by atoms with van der Waals surface area (Å²) in [6.45, 7) is 4.80. The molecule has 1 heterocycles. The van der Waals surface area contributed by atoms with E-state index in [4.69, 9.17) is 0 Å². The van der Waals surface area contributed by atoms with Gasteiger partial charge in [-0.3, -0.25) is 0 Å². The van der Waals surface area contributed by atoms with E-state index in [1.165, 1.54) is 108 Å². The van der Waals surface area contributed by atoms with Gasteiger partial charge in [-0.15, -0.1) is 11.3 Å². The molecule has 1 aromatic heterocycles. The first-order valence-corrected chi connectivity index (χ1v) is 19.0. The molecule has 0 saturated heterocycles. The van der Waals surface area contributed by atoms with Gasteiger partial charge in [-0.25, -0.2) is 0 Å². The monoisotopic (exact) mass is 678 g/mol. The van der Waals surface area contributed by atoms with Gasteiger partial charge >= 0.3 is 0 Å². The van der Waals surface area contributed by atoms with E-state index in [1.54, 1.807) is 0 Å². The number of benzene rings is 9. The molecule has 0 fully saturated rings. The lowest BCUT2D eigenvalue weighted by Gasteiger charge is -2.23. The van der Waals surface area contributed by atoms with E-state index in [0.29, 0.717) is 0 Å². The minimum Gasteiger partial charge on any atom is -0.135 e. The Morgan fingerprint density at radius 2 is 0.865 bits per heavy atom. The second kappa shape index (κ2) is 11.0. The van der Waals surface area contributed by atoms with Crippen molar-refractivity contribution < 1.29 is 0 Å². The second-order valence-electron chi connectivity index (χ2n) is 14.8. The minimum absolute atomic E-state index is 0.0923. The van der Waals surface area contributed by atoms with Crippen LogP contribution < -0.4 is 0 Å². The van der Waals surface area contributed by atoms with Crippen LogP contribution in [-0.4, -0.2) is 0 Å². The fourth-order valence-corrected chi connectivity index (χ4v) is 10.5. The molecule has 0 bridgehead atoms. The van der Waals surface area contributed by atoms with Crippen LogP contribution in [0.15, 0.2) is 170 Å². The summed E-state index contributed by atoms with van der Waals surface area (Å²) < 4.78 is 2.75. The van der Waals surface area contributed by atoms with Gasteiger partial charge in [0.15, 0.2) is 0 Å². The standard InChI is InChI=1S/C51H34S/c1-51(2)45-29-24-34(30-44(45)41-26-28-43-40(49(41)51)25-27-42-35-14-10-11-19-46(35)52-50(42)43)31-20-22-33(23-21-31)48-38-17-8-6-15-36(38)47(32-12-4-3-5-13-32)37-16-7-9-18-39(37)48/h3-30H,1-2H3. The molecule has 1 heteroatoms. The van der Waals surface area contributed by atoms with Gasteiger partial charge in [-0.1, -0.05) is 172 Å². The Labute approximate surface area is 307 Å². The molecule has 10 aromatic rings. The summed E-state index contributed by atoms with van der Waals surface area (Å²) in [5.41, 5.74) is 13.1. The maximum Gasteiger partial charge on any atom is 0.0433 e. The van der Waals surface area contributed by atoms with Crippen molar-refractivity contribution in [3.05, 3.63) is 181 Å². The average molecular weight is 679 g/mol. The van der Waals surface area contributed by atoms with Crippen molar-refractivity contribution in [2.75, 3.05) is 0 Å². The molecule has 1 aliphatic carbocycles. The van der Waals surface area contributed by atoms with Crippen LogP contribution in [0.2, 0.25) is 0 Å². The number of rotatable bonds is 3. The molecule has 0 unspecified atom stereocenters. The van der Waals surface area contributed by atoms with Crippen LogP contribution in [0, 0.1) is 0 Å². The highest BCUT2D eigenvalue weighted by atomic mass is 32.1. The predicted molar refractivity (Wildman–Crippen MR) is 226 cm³/mol. The summed E-state index contributed by atoms with van der Waals surface area (Å²) in [7, 11) is 0. The first kappa shape index (κ1) is 29.7. The fraction of sp³-hybridized carbons (Fsp3) is 0.0588. The van der Waals surface area contributed by atoms with Crippen molar-refractivity contribution in [3.63, 3.8) is 0 Å². The van der Waals surface area contributed by atoms with Crippen LogP contribution in [0.3, 0.4) is 0 Å². The van der Waals surface area contributed by atoms with E-state index >= 15 is 0 Å². The molecule has 1 aliphatic rings.